The number of amides is 1. The summed E-state index contributed by atoms with van der Waals surface area (Å²) in [6.45, 7) is 1.12. The van der Waals surface area contributed by atoms with Crippen molar-refractivity contribution in [2.24, 2.45) is 0 Å². The van der Waals surface area contributed by atoms with Crippen LogP contribution in [-0.2, 0) is 29.0 Å². The molecule has 0 aliphatic carbocycles. The van der Waals surface area contributed by atoms with Crippen LogP contribution < -0.4 is 14.8 Å². The fourth-order valence-corrected chi connectivity index (χ4v) is 3.01. The van der Waals surface area contributed by atoms with Gasteiger partial charge in [0, 0.05) is 13.0 Å². The number of methoxy groups -OCH3 is 2. The Hall–Kier alpha value is -2.53. The zero-order chi connectivity index (χ0) is 17.6. The Morgan fingerprint density at radius 2 is 1.88 bits per heavy atom. The van der Waals surface area contributed by atoms with Gasteiger partial charge in [0.15, 0.2) is 11.5 Å². The molecular weight excluding hydrogens is 318 g/mol. The minimum Gasteiger partial charge on any atom is -0.493 e. The van der Waals surface area contributed by atoms with Gasteiger partial charge in [-0.3, -0.25) is 4.79 Å². The van der Waals surface area contributed by atoms with Crippen LogP contribution in [0.4, 0.5) is 0 Å². The van der Waals surface area contributed by atoms with Crippen LogP contribution >= 0.6 is 0 Å². The number of hydrogen-bond acceptors (Lipinski definition) is 4. The summed E-state index contributed by atoms with van der Waals surface area (Å²) in [4.78, 5) is 12.2. The van der Waals surface area contributed by atoms with Crippen molar-refractivity contribution < 1.29 is 19.0 Å². The van der Waals surface area contributed by atoms with E-state index in [0.717, 1.165) is 12.0 Å². The number of rotatable bonds is 6. The molecule has 0 aromatic heterocycles. The Bertz CT molecular complexity index is 744. The van der Waals surface area contributed by atoms with Crippen LogP contribution in [0.25, 0.3) is 0 Å². The highest BCUT2D eigenvalue weighted by Gasteiger charge is 2.19. The van der Waals surface area contributed by atoms with E-state index in [1.165, 1.54) is 11.1 Å². The van der Waals surface area contributed by atoms with E-state index < -0.39 is 0 Å². The lowest BCUT2D eigenvalue weighted by Crippen LogP contribution is -2.37. The first-order valence-corrected chi connectivity index (χ1v) is 8.35. The SMILES string of the molecule is COc1ccc(CC(=O)NCC2Cc3ccccc3CO2)cc1OC. The fraction of sp³-hybridized carbons (Fsp3) is 0.350. The van der Waals surface area contributed by atoms with Crippen molar-refractivity contribution in [2.45, 2.75) is 25.6 Å². The fourth-order valence-electron chi connectivity index (χ4n) is 3.01. The predicted octanol–water partition coefficient (Wildman–Crippen LogP) is 2.50. The van der Waals surface area contributed by atoms with E-state index in [2.05, 4.69) is 17.4 Å². The summed E-state index contributed by atoms with van der Waals surface area (Å²) in [6.07, 6.45) is 1.14. The summed E-state index contributed by atoms with van der Waals surface area (Å²) in [5, 5.41) is 2.96. The number of carbonyl (C=O) groups excluding carboxylic acids is 1. The van der Waals surface area contributed by atoms with E-state index in [0.29, 0.717) is 31.1 Å². The van der Waals surface area contributed by atoms with E-state index in [-0.39, 0.29) is 12.0 Å². The Morgan fingerprint density at radius 1 is 1.12 bits per heavy atom. The predicted molar refractivity (Wildman–Crippen MR) is 95.0 cm³/mol. The molecule has 0 radical (unpaired) electrons. The van der Waals surface area contributed by atoms with E-state index >= 15 is 0 Å². The summed E-state index contributed by atoms with van der Waals surface area (Å²) < 4.78 is 16.3. The number of ether oxygens (including phenoxy) is 3. The molecule has 1 atom stereocenters. The molecule has 0 saturated heterocycles. The van der Waals surface area contributed by atoms with Crippen LogP contribution in [0.3, 0.4) is 0 Å². The molecule has 0 saturated carbocycles. The summed E-state index contributed by atoms with van der Waals surface area (Å²) >= 11 is 0. The van der Waals surface area contributed by atoms with Crippen molar-refractivity contribution in [1.82, 2.24) is 5.32 Å². The van der Waals surface area contributed by atoms with Gasteiger partial charge < -0.3 is 19.5 Å². The molecular formula is C20H23NO4. The summed E-state index contributed by atoms with van der Waals surface area (Å²) in [5.74, 6) is 1.25. The molecule has 5 heteroatoms. The number of hydrogen-bond donors (Lipinski definition) is 1. The lowest BCUT2D eigenvalue weighted by Gasteiger charge is -2.25. The Balaban J connectivity index is 1.52. The minimum absolute atomic E-state index is 0.0178. The van der Waals surface area contributed by atoms with Gasteiger partial charge in [0.1, 0.15) is 0 Å². The quantitative estimate of drug-likeness (QED) is 0.877. The zero-order valence-corrected chi connectivity index (χ0v) is 14.6. The van der Waals surface area contributed by atoms with Crippen LogP contribution in [0.1, 0.15) is 16.7 Å². The lowest BCUT2D eigenvalue weighted by atomic mass is 9.99. The highest BCUT2D eigenvalue weighted by molar-refractivity contribution is 5.78. The van der Waals surface area contributed by atoms with Crippen LogP contribution in [0.15, 0.2) is 42.5 Å². The molecule has 2 aromatic carbocycles. The van der Waals surface area contributed by atoms with Crippen LogP contribution in [0.5, 0.6) is 11.5 Å². The van der Waals surface area contributed by atoms with Crippen LogP contribution in [-0.4, -0.2) is 32.8 Å². The van der Waals surface area contributed by atoms with Gasteiger partial charge >= 0.3 is 0 Å². The van der Waals surface area contributed by atoms with Crippen molar-refractivity contribution >= 4 is 5.91 Å². The van der Waals surface area contributed by atoms with E-state index in [1.54, 1.807) is 14.2 Å². The van der Waals surface area contributed by atoms with Crippen molar-refractivity contribution in [3.8, 4) is 11.5 Å². The van der Waals surface area contributed by atoms with Crippen LogP contribution in [0.2, 0.25) is 0 Å². The molecule has 0 spiro atoms. The third-order valence-electron chi connectivity index (χ3n) is 4.38. The Labute approximate surface area is 147 Å². The monoisotopic (exact) mass is 341 g/mol. The largest absolute Gasteiger partial charge is 0.493 e. The first-order chi connectivity index (χ1) is 12.2. The van der Waals surface area contributed by atoms with Crippen molar-refractivity contribution in [1.29, 1.82) is 0 Å². The second-order valence-electron chi connectivity index (χ2n) is 6.08. The highest BCUT2D eigenvalue weighted by atomic mass is 16.5. The molecule has 5 nitrogen and oxygen atoms in total. The maximum Gasteiger partial charge on any atom is 0.224 e. The third-order valence-corrected chi connectivity index (χ3v) is 4.38. The molecule has 3 rings (SSSR count). The van der Waals surface area contributed by atoms with Crippen molar-refractivity contribution in [3.05, 3.63) is 59.2 Å². The molecule has 25 heavy (non-hydrogen) atoms. The van der Waals surface area contributed by atoms with E-state index in [9.17, 15) is 4.79 Å². The highest BCUT2D eigenvalue weighted by Crippen LogP contribution is 2.27. The molecule has 1 amide bonds. The van der Waals surface area contributed by atoms with Gasteiger partial charge in [-0.05, 0) is 28.8 Å². The van der Waals surface area contributed by atoms with E-state index in [1.807, 2.05) is 30.3 Å². The van der Waals surface area contributed by atoms with Gasteiger partial charge in [0.25, 0.3) is 0 Å². The normalized spacial score (nSPS) is 16.0. The van der Waals surface area contributed by atoms with Crippen molar-refractivity contribution in [2.75, 3.05) is 20.8 Å². The van der Waals surface area contributed by atoms with Crippen molar-refractivity contribution in [3.63, 3.8) is 0 Å². The second kappa shape index (κ2) is 8.03. The molecule has 2 aromatic rings. The summed E-state index contributed by atoms with van der Waals surface area (Å²) in [6, 6.07) is 13.8. The average Bonchev–Trinajstić information content (AvgIpc) is 2.66. The second-order valence-corrected chi connectivity index (χ2v) is 6.08. The molecule has 0 bridgehead atoms. The topological polar surface area (TPSA) is 56.8 Å². The smallest absolute Gasteiger partial charge is 0.224 e. The summed E-state index contributed by atoms with van der Waals surface area (Å²) in [7, 11) is 3.17. The van der Waals surface area contributed by atoms with Gasteiger partial charge in [-0.25, -0.2) is 0 Å². The number of fused-ring (bicyclic) bond motifs is 1. The molecule has 1 aliphatic heterocycles. The molecule has 1 unspecified atom stereocenters. The van der Waals surface area contributed by atoms with Gasteiger partial charge in [0.2, 0.25) is 5.91 Å². The summed E-state index contributed by atoms with van der Waals surface area (Å²) in [5.41, 5.74) is 3.41. The first-order valence-electron chi connectivity index (χ1n) is 8.35. The first kappa shape index (κ1) is 17.3. The molecule has 1 heterocycles. The lowest BCUT2D eigenvalue weighted by molar-refractivity contribution is -0.121. The molecule has 1 N–H and O–H groups in total. The van der Waals surface area contributed by atoms with Gasteiger partial charge in [0.05, 0.1) is 33.4 Å². The van der Waals surface area contributed by atoms with Gasteiger partial charge in [-0.15, -0.1) is 0 Å². The maximum atomic E-state index is 12.2. The van der Waals surface area contributed by atoms with E-state index in [4.69, 9.17) is 14.2 Å². The van der Waals surface area contributed by atoms with Gasteiger partial charge in [-0.1, -0.05) is 30.3 Å². The Kier molecular flexibility index (Phi) is 5.56. The Morgan fingerprint density at radius 3 is 2.64 bits per heavy atom. The van der Waals surface area contributed by atoms with Crippen LogP contribution in [0, 0.1) is 0 Å². The number of carbonyl (C=O) groups is 1. The minimum atomic E-state index is -0.0327. The number of benzene rings is 2. The third kappa shape index (κ3) is 4.31. The molecule has 0 fully saturated rings. The number of nitrogens with one attached hydrogen (secondary N) is 1. The average molecular weight is 341 g/mol. The zero-order valence-electron chi connectivity index (χ0n) is 14.6. The maximum absolute atomic E-state index is 12.2. The molecule has 132 valence electrons. The molecule has 1 aliphatic rings. The standard InChI is InChI=1S/C20H23NO4/c1-23-18-8-7-14(9-19(18)24-2)10-20(22)21-12-17-11-15-5-3-4-6-16(15)13-25-17/h3-9,17H,10-13H2,1-2H3,(H,21,22). The van der Waals surface area contributed by atoms with Gasteiger partial charge in [-0.2, -0.15) is 0 Å².